The number of ether oxygens (including phenoxy) is 3. The van der Waals surface area contributed by atoms with Crippen molar-refractivity contribution in [3.05, 3.63) is 59.9 Å². The molecule has 35 heavy (non-hydrogen) atoms. The van der Waals surface area contributed by atoms with E-state index in [4.69, 9.17) is 20.6 Å². The van der Waals surface area contributed by atoms with Gasteiger partial charge in [-0.3, -0.25) is 0 Å². The van der Waals surface area contributed by atoms with Crippen LogP contribution in [0.2, 0.25) is 0 Å². The molecule has 0 bridgehead atoms. The zero-order valence-corrected chi connectivity index (χ0v) is 23.0. The fourth-order valence-corrected chi connectivity index (χ4v) is 3.57. The molecule has 1 aromatic carbocycles. The first-order chi connectivity index (χ1) is 16.7. The third kappa shape index (κ3) is 11.7. The fourth-order valence-electron chi connectivity index (χ4n) is 3.57. The molecule has 1 aliphatic rings. The van der Waals surface area contributed by atoms with Crippen molar-refractivity contribution in [2.45, 2.75) is 73.0 Å². The number of nitrogens with zero attached hydrogens (tertiary/aromatic N) is 1. The summed E-state index contributed by atoms with van der Waals surface area (Å²) in [4.78, 5) is 2.21. The summed E-state index contributed by atoms with van der Waals surface area (Å²) >= 11 is 0. The highest BCUT2D eigenvalue weighted by Gasteiger charge is 2.22. The third-order valence-corrected chi connectivity index (χ3v) is 5.99. The lowest BCUT2D eigenvalue weighted by atomic mass is 9.95. The van der Waals surface area contributed by atoms with E-state index in [0.29, 0.717) is 19.6 Å². The van der Waals surface area contributed by atoms with E-state index in [1.54, 1.807) is 0 Å². The topological polar surface area (TPSA) is 30.9 Å². The predicted molar refractivity (Wildman–Crippen MR) is 150 cm³/mol. The van der Waals surface area contributed by atoms with Gasteiger partial charge in [-0.1, -0.05) is 44.7 Å². The Kier molecular flexibility index (Phi) is 14.9. The van der Waals surface area contributed by atoms with Gasteiger partial charge in [-0.25, -0.2) is 0 Å². The molecule has 1 saturated heterocycles. The van der Waals surface area contributed by atoms with E-state index < -0.39 is 0 Å². The first-order valence-corrected chi connectivity index (χ1v) is 12.8. The Morgan fingerprint density at radius 3 is 2.60 bits per heavy atom. The average Bonchev–Trinajstić information content (AvgIpc) is 2.85. The van der Waals surface area contributed by atoms with Crippen molar-refractivity contribution in [2.75, 3.05) is 38.4 Å². The van der Waals surface area contributed by atoms with Crippen LogP contribution in [0.25, 0.3) is 5.57 Å². The summed E-state index contributed by atoms with van der Waals surface area (Å²) in [5, 5.41) is 0. The first-order valence-electron chi connectivity index (χ1n) is 12.8. The van der Waals surface area contributed by atoms with E-state index >= 15 is 0 Å². The Morgan fingerprint density at radius 1 is 1.26 bits per heavy atom. The van der Waals surface area contributed by atoms with E-state index in [9.17, 15) is 0 Å². The second-order valence-electron chi connectivity index (χ2n) is 9.46. The second-order valence-corrected chi connectivity index (χ2v) is 9.46. The Bertz CT molecular complexity index is 856. The highest BCUT2D eigenvalue weighted by atomic mass is 16.5. The Morgan fingerprint density at radius 2 is 2.00 bits per heavy atom. The second kappa shape index (κ2) is 17.0. The SMILES string of the molecule is C#CCC(=C)C(=C)c1cc(C)ccc1N(C)C1CCCCO1.C/C=C(\C)OCCOCCC(C)C. The maximum atomic E-state index is 5.91. The molecule has 0 radical (unpaired) electrons. The number of allylic oxidation sites excluding steroid dienone is 4. The highest BCUT2D eigenvalue weighted by Crippen LogP contribution is 2.33. The van der Waals surface area contributed by atoms with E-state index in [1.807, 2.05) is 19.9 Å². The minimum absolute atomic E-state index is 0.129. The maximum absolute atomic E-state index is 5.91. The summed E-state index contributed by atoms with van der Waals surface area (Å²) in [7, 11) is 2.08. The number of anilines is 1. The van der Waals surface area contributed by atoms with Crippen molar-refractivity contribution in [2.24, 2.45) is 5.92 Å². The van der Waals surface area contributed by atoms with E-state index in [-0.39, 0.29) is 6.23 Å². The zero-order valence-electron chi connectivity index (χ0n) is 23.0. The van der Waals surface area contributed by atoms with Crippen LogP contribution in [0.4, 0.5) is 5.69 Å². The van der Waals surface area contributed by atoms with Crippen molar-refractivity contribution >= 4 is 11.3 Å². The lowest BCUT2D eigenvalue weighted by Crippen LogP contribution is -2.37. The van der Waals surface area contributed by atoms with Crippen molar-refractivity contribution in [1.29, 1.82) is 0 Å². The van der Waals surface area contributed by atoms with Gasteiger partial charge in [0.15, 0.2) is 0 Å². The van der Waals surface area contributed by atoms with Crippen LogP contribution in [-0.4, -0.2) is 39.7 Å². The summed E-state index contributed by atoms with van der Waals surface area (Å²) < 4.78 is 16.6. The quantitative estimate of drug-likeness (QED) is 0.134. The van der Waals surface area contributed by atoms with Gasteiger partial charge in [-0.05, 0) is 75.7 Å². The van der Waals surface area contributed by atoms with Crippen LogP contribution in [0.1, 0.15) is 70.9 Å². The van der Waals surface area contributed by atoms with Gasteiger partial charge in [0.2, 0.25) is 0 Å². The number of aryl methyl sites for hydroxylation is 1. The first kappa shape index (κ1) is 30.6. The normalized spacial score (nSPS) is 15.6. The molecule has 1 atom stereocenters. The molecule has 2 rings (SSSR count). The van der Waals surface area contributed by atoms with Crippen LogP contribution < -0.4 is 4.90 Å². The molecule has 1 heterocycles. The molecule has 0 saturated carbocycles. The number of rotatable bonds is 12. The van der Waals surface area contributed by atoms with Crippen LogP contribution in [-0.2, 0) is 14.2 Å². The molecule has 194 valence electrons. The monoisotopic (exact) mass is 481 g/mol. The lowest BCUT2D eigenvalue weighted by Gasteiger charge is -2.34. The summed E-state index contributed by atoms with van der Waals surface area (Å²) in [5.74, 6) is 4.33. The molecule has 4 nitrogen and oxygen atoms in total. The summed E-state index contributed by atoms with van der Waals surface area (Å²) in [6.45, 7) is 21.7. The van der Waals surface area contributed by atoms with Crippen LogP contribution >= 0.6 is 0 Å². The molecule has 1 aliphatic heterocycles. The van der Waals surface area contributed by atoms with Gasteiger partial charge in [0.1, 0.15) is 12.8 Å². The summed E-state index contributed by atoms with van der Waals surface area (Å²) in [6.07, 6.45) is 12.6. The van der Waals surface area contributed by atoms with Gasteiger partial charge < -0.3 is 19.1 Å². The van der Waals surface area contributed by atoms with Crippen molar-refractivity contribution in [3.8, 4) is 12.3 Å². The number of terminal acetylenes is 1. The molecule has 1 aromatic rings. The van der Waals surface area contributed by atoms with Gasteiger partial charge in [0, 0.05) is 37.9 Å². The predicted octanol–water partition coefficient (Wildman–Crippen LogP) is 7.54. The third-order valence-electron chi connectivity index (χ3n) is 5.99. The van der Waals surface area contributed by atoms with Crippen LogP contribution in [0.15, 0.2) is 48.8 Å². The molecule has 1 fully saturated rings. The number of hydrogen-bond donors (Lipinski definition) is 0. The number of hydrogen-bond acceptors (Lipinski definition) is 4. The molecule has 0 aliphatic carbocycles. The smallest absolute Gasteiger partial charge is 0.129 e. The molecule has 0 aromatic heterocycles. The zero-order chi connectivity index (χ0) is 26.2. The molecule has 4 heteroatoms. The molecular formula is C31H47NO3. The van der Waals surface area contributed by atoms with Crippen molar-refractivity contribution in [1.82, 2.24) is 0 Å². The maximum Gasteiger partial charge on any atom is 0.129 e. The largest absolute Gasteiger partial charge is 0.496 e. The Labute approximate surface area is 215 Å². The lowest BCUT2D eigenvalue weighted by molar-refractivity contribution is 0.0174. The minimum atomic E-state index is 0.129. The fraction of sp³-hybridized carbons (Fsp3) is 0.548. The van der Waals surface area contributed by atoms with Crippen molar-refractivity contribution in [3.63, 3.8) is 0 Å². The van der Waals surface area contributed by atoms with Gasteiger partial charge in [-0.2, -0.15) is 0 Å². The van der Waals surface area contributed by atoms with Crippen LogP contribution in [0.3, 0.4) is 0 Å². The Balaban J connectivity index is 0.000000405. The highest BCUT2D eigenvalue weighted by molar-refractivity contribution is 5.85. The number of benzene rings is 1. The van der Waals surface area contributed by atoms with Crippen molar-refractivity contribution < 1.29 is 14.2 Å². The summed E-state index contributed by atoms with van der Waals surface area (Å²) in [6, 6.07) is 6.41. The average molecular weight is 482 g/mol. The van der Waals surface area contributed by atoms with Gasteiger partial charge in [0.05, 0.1) is 12.4 Å². The molecular weight excluding hydrogens is 434 g/mol. The minimum Gasteiger partial charge on any atom is -0.496 e. The van der Waals surface area contributed by atoms with E-state index in [0.717, 1.165) is 66.6 Å². The molecule has 0 amide bonds. The molecule has 1 unspecified atom stereocenters. The molecule has 0 N–H and O–H groups in total. The van der Waals surface area contributed by atoms with Gasteiger partial charge in [-0.15, -0.1) is 12.3 Å². The standard InChI is InChI=1S/C20H25NO.C11H22O2/c1-6-9-16(3)17(4)18-14-15(2)11-12-19(18)21(5)20-10-7-8-13-22-20;1-5-11(4)13-9-8-12-7-6-10(2)3/h1,11-12,14,20H,3-4,7-10,13H2,2,5H3;5,10H,6-9H2,1-4H3/b;11-5+. The van der Waals surface area contributed by atoms with E-state index in [2.05, 4.69) is 70.0 Å². The van der Waals surface area contributed by atoms with Crippen LogP contribution in [0, 0.1) is 25.2 Å². The summed E-state index contributed by atoms with van der Waals surface area (Å²) in [5.41, 5.74) is 5.23. The Hall–Kier alpha value is -2.48. The van der Waals surface area contributed by atoms with Crippen LogP contribution in [0.5, 0.6) is 0 Å². The molecule has 0 spiro atoms. The van der Waals surface area contributed by atoms with E-state index in [1.165, 1.54) is 12.0 Å². The van der Waals surface area contributed by atoms with Gasteiger partial charge in [0.25, 0.3) is 0 Å². The van der Waals surface area contributed by atoms with Gasteiger partial charge >= 0.3 is 0 Å².